The number of benzene rings is 2. The lowest BCUT2D eigenvalue weighted by atomic mass is 10.2. The first-order valence-electron chi connectivity index (χ1n) is 6.17. The molecule has 0 fully saturated rings. The third kappa shape index (κ3) is 4.47. The van der Waals surface area contributed by atoms with Gasteiger partial charge in [0.25, 0.3) is 5.91 Å². The minimum atomic E-state index is -0.792. The molecule has 2 rings (SSSR count). The molecule has 0 saturated carbocycles. The predicted molar refractivity (Wildman–Crippen MR) is 86.2 cm³/mol. The van der Waals surface area contributed by atoms with Crippen LogP contribution >= 0.6 is 27.5 Å². The number of amides is 1. The molecule has 114 valence electrons. The van der Waals surface area contributed by atoms with Gasteiger partial charge in [-0.3, -0.25) is 4.79 Å². The van der Waals surface area contributed by atoms with Crippen molar-refractivity contribution in [3.8, 4) is 5.75 Å². The molecular formula is C15H11BrClNO4. The van der Waals surface area contributed by atoms with Crippen LogP contribution in [0.1, 0.15) is 10.4 Å². The summed E-state index contributed by atoms with van der Waals surface area (Å²) >= 11 is 8.98. The fourth-order valence-corrected chi connectivity index (χ4v) is 2.20. The number of hydrogen-bond acceptors (Lipinski definition) is 4. The van der Waals surface area contributed by atoms with E-state index in [0.29, 0.717) is 15.2 Å². The van der Waals surface area contributed by atoms with Crippen molar-refractivity contribution < 1.29 is 19.4 Å². The summed E-state index contributed by atoms with van der Waals surface area (Å²) in [7, 11) is 0. The van der Waals surface area contributed by atoms with Crippen LogP contribution in [0.5, 0.6) is 5.75 Å². The standard InChI is InChI=1S/C15H11BrClNO4/c16-9-4-5-13(19)12(6-9)15(21)22-8-14(20)18-11-3-1-2-10(17)7-11/h1-7,19H,8H2,(H,18,20). The molecular weight excluding hydrogens is 374 g/mol. The van der Waals surface area contributed by atoms with Gasteiger partial charge in [-0.15, -0.1) is 0 Å². The maximum atomic E-state index is 11.8. The van der Waals surface area contributed by atoms with Crippen LogP contribution in [-0.2, 0) is 9.53 Å². The number of hydrogen-bond donors (Lipinski definition) is 2. The Balaban J connectivity index is 1.93. The number of aromatic hydroxyl groups is 1. The van der Waals surface area contributed by atoms with Gasteiger partial charge in [-0.2, -0.15) is 0 Å². The summed E-state index contributed by atoms with van der Waals surface area (Å²) in [5.41, 5.74) is 0.476. The van der Waals surface area contributed by atoms with Crippen molar-refractivity contribution in [3.05, 3.63) is 57.5 Å². The molecule has 2 aromatic rings. The van der Waals surface area contributed by atoms with Crippen LogP contribution in [0.25, 0.3) is 0 Å². The topological polar surface area (TPSA) is 75.6 Å². The van der Waals surface area contributed by atoms with E-state index in [1.54, 1.807) is 30.3 Å². The lowest BCUT2D eigenvalue weighted by Gasteiger charge is -2.08. The molecule has 0 atom stereocenters. The third-order valence-electron chi connectivity index (χ3n) is 2.62. The van der Waals surface area contributed by atoms with E-state index in [0.717, 1.165) is 0 Å². The highest BCUT2D eigenvalue weighted by molar-refractivity contribution is 9.10. The summed E-state index contributed by atoms with van der Waals surface area (Å²) < 4.78 is 5.48. The highest BCUT2D eigenvalue weighted by atomic mass is 79.9. The number of ether oxygens (including phenoxy) is 1. The van der Waals surface area contributed by atoms with Gasteiger partial charge in [-0.25, -0.2) is 4.79 Å². The van der Waals surface area contributed by atoms with Gasteiger partial charge >= 0.3 is 5.97 Å². The Morgan fingerprint density at radius 1 is 1.23 bits per heavy atom. The highest BCUT2D eigenvalue weighted by Gasteiger charge is 2.15. The largest absolute Gasteiger partial charge is 0.507 e. The highest BCUT2D eigenvalue weighted by Crippen LogP contribution is 2.22. The molecule has 2 N–H and O–H groups in total. The summed E-state index contributed by atoms with van der Waals surface area (Å²) in [6.07, 6.45) is 0. The number of phenolic OH excluding ortho intramolecular Hbond substituents is 1. The number of nitrogens with one attached hydrogen (secondary N) is 1. The van der Waals surface area contributed by atoms with Crippen molar-refractivity contribution >= 4 is 45.1 Å². The van der Waals surface area contributed by atoms with E-state index in [2.05, 4.69) is 21.2 Å². The maximum absolute atomic E-state index is 11.8. The van der Waals surface area contributed by atoms with Crippen LogP contribution < -0.4 is 5.32 Å². The maximum Gasteiger partial charge on any atom is 0.342 e. The Morgan fingerprint density at radius 3 is 2.73 bits per heavy atom. The predicted octanol–water partition coefficient (Wildman–Crippen LogP) is 3.60. The van der Waals surface area contributed by atoms with Crippen molar-refractivity contribution in [1.29, 1.82) is 0 Å². The van der Waals surface area contributed by atoms with Gasteiger partial charge in [0.05, 0.1) is 0 Å². The molecule has 0 aromatic heterocycles. The Kier molecular flexibility index (Phi) is 5.41. The van der Waals surface area contributed by atoms with Gasteiger partial charge in [0.15, 0.2) is 6.61 Å². The summed E-state index contributed by atoms with van der Waals surface area (Å²) in [5, 5.41) is 12.6. The molecule has 0 unspecified atom stereocenters. The zero-order chi connectivity index (χ0) is 16.1. The Bertz CT molecular complexity index is 720. The normalized spacial score (nSPS) is 10.1. The summed E-state index contributed by atoms with van der Waals surface area (Å²) in [6.45, 7) is -0.475. The fraction of sp³-hybridized carbons (Fsp3) is 0.0667. The molecule has 22 heavy (non-hydrogen) atoms. The van der Waals surface area contributed by atoms with Crippen molar-refractivity contribution in [2.45, 2.75) is 0 Å². The summed E-state index contributed by atoms with van der Waals surface area (Å²) in [6, 6.07) is 10.9. The summed E-state index contributed by atoms with van der Waals surface area (Å²) in [5.74, 6) is -1.52. The molecule has 1 amide bonds. The van der Waals surface area contributed by atoms with Gasteiger partial charge < -0.3 is 15.2 Å². The number of carbonyl (C=O) groups excluding carboxylic acids is 2. The van der Waals surface area contributed by atoms with Gasteiger partial charge in [0, 0.05) is 15.2 Å². The second-order valence-electron chi connectivity index (χ2n) is 4.30. The average molecular weight is 385 g/mol. The van der Waals surface area contributed by atoms with Gasteiger partial charge in [-0.05, 0) is 36.4 Å². The zero-order valence-corrected chi connectivity index (χ0v) is 13.5. The van der Waals surface area contributed by atoms with Crippen molar-refractivity contribution in [1.82, 2.24) is 0 Å². The van der Waals surface area contributed by atoms with Gasteiger partial charge in [0.1, 0.15) is 11.3 Å². The van der Waals surface area contributed by atoms with Gasteiger partial charge in [-0.1, -0.05) is 33.6 Å². The third-order valence-corrected chi connectivity index (χ3v) is 3.35. The molecule has 0 aliphatic carbocycles. The molecule has 5 nitrogen and oxygen atoms in total. The number of rotatable bonds is 4. The van der Waals surface area contributed by atoms with Crippen molar-refractivity contribution in [3.63, 3.8) is 0 Å². The molecule has 0 saturated heterocycles. The molecule has 0 aliphatic rings. The van der Waals surface area contributed by atoms with E-state index >= 15 is 0 Å². The second-order valence-corrected chi connectivity index (χ2v) is 5.65. The van der Waals surface area contributed by atoms with E-state index in [4.69, 9.17) is 16.3 Å². The molecule has 7 heteroatoms. The van der Waals surface area contributed by atoms with E-state index in [9.17, 15) is 14.7 Å². The Labute approximate surface area is 140 Å². The van der Waals surface area contributed by atoms with Crippen LogP contribution in [-0.4, -0.2) is 23.6 Å². The quantitative estimate of drug-likeness (QED) is 0.790. The Morgan fingerprint density at radius 2 is 2.00 bits per heavy atom. The first kappa shape index (κ1) is 16.3. The number of halogens is 2. The van der Waals surface area contributed by atoms with Crippen molar-refractivity contribution in [2.75, 3.05) is 11.9 Å². The number of esters is 1. The summed E-state index contributed by atoms with van der Waals surface area (Å²) in [4.78, 5) is 23.5. The van der Waals surface area contributed by atoms with Crippen LogP contribution in [0, 0.1) is 0 Å². The smallest absolute Gasteiger partial charge is 0.342 e. The van der Waals surface area contributed by atoms with Crippen molar-refractivity contribution in [2.24, 2.45) is 0 Å². The molecule has 0 spiro atoms. The van der Waals surface area contributed by atoms with E-state index in [-0.39, 0.29) is 11.3 Å². The number of phenols is 1. The zero-order valence-electron chi connectivity index (χ0n) is 11.2. The second kappa shape index (κ2) is 7.29. The minimum absolute atomic E-state index is 0.0232. The molecule has 0 heterocycles. The first-order valence-corrected chi connectivity index (χ1v) is 7.34. The monoisotopic (exact) mass is 383 g/mol. The van der Waals surface area contributed by atoms with E-state index in [1.165, 1.54) is 12.1 Å². The lowest BCUT2D eigenvalue weighted by Crippen LogP contribution is -2.21. The number of anilines is 1. The average Bonchev–Trinajstić information content (AvgIpc) is 2.47. The molecule has 2 aromatic carbocycles. The molecule has 0 radical (unpaired) electrons. The fourth-order valence-electron chi connectivity index (χ4n) is 1.64. The lowest BCUT2D eigenvalue weighted by molar-refractivity contribution is -0.119. The van der Waals surface area contributed by atoms with Crippen LogP contribution in [0.4, 0.5) is 5.69 Å². The molecule has 0 aliphatic heterocycles. The van der Waals surface area contributed by atoms with E-state index in [1.807, 2.05) is 0 Å². The van der Waals surface area contributed by atoms with E-state index < -0.39 is 18.5 Å². The SMILES string of the molecule is O=C(COC(=O)c1cc(Br)ccc1O)Nc1cccc(Cl)c1. The van der Waals surface area contributed by atoms with Crippen LogP contribution in [0.15, 0.2) is 46.9 Å². The minimum Gasteiger partial charge on any atom is -0.507 e. The molecule has 0 bridgehead atoms. The van der Waals surface area contributed by atoms with Crippen LogP contribution in [0.2, 0.25) is 5.02 Å². The number of carbonyl (C=O) groups is 2. The Hall–Kier alpha value is -2.05. The van der Waals surface area contributed by atoms with Gasteiger partial charge in [0.2, 0.25) is 0 Å². The first-order chi connectivity index (χ1) is 10.5. The van der Waals surface area contributed by atoms with Crippen LogP contribution in [0.3, 0.4) is 0 Å².